The van der Waals surface area contributed by atoms with Crippen molar-refractivity contribution < 1.29 is 318 Å². The van der Waals surface area contributed by atoms with Gasteiger partial charge < -0.3 is 85.6 Å². The molecule has 0 unspecified atom stereocenters. The molecule has 24 nitrogen and oxygen atoms in total. The number of phenols is 3. The number of hydrogen-bond donors (Lipinski definition) is 11. The molecule has 63 heavy (non-hydrogen) atoms. The third-order valence-electron chi connectivity index (χ3n) is 6.04. The molecule has 0 saturated heterocycles. The second kappa shape index (κ2) is 44.1. The predicted octanol–water partition coefficient (Wildman–Crippen LogP) is -23.2. The molecule has 0 aromatic heterocycles. The minimum atomic E-state index is -4.70. The molecule has 0 radical (unpaired) electrons. The van der Waals surface area contributed by atoms with Crippen LogP contribution in [0.5, 0.6) is 17.2 Å². The topological polar surface area (TPSA) is 462 Å². The third kappa shape index (κ3) is 42.7. The summed E-state index contributed by atoms with van der Waals surface area (Å²) in [7, 11) is -19.5. The maximum Gasteiger partial charge on any atom is 1.00 e. The van der Waals surface area contributed by atoms with Crippen molar-refractivity contribution >= 4 is 52.3 Å². The van der Waals surface area contributed by atoms with Gasteiger partial charge in [-0.15, -0.1) is 0 Å². The summed E-state index contributed by atoms with van der Waals surface area (Å²) in [4.78, 5) is 0. The Kier molecular flexibility index (Phi) is 60.3. The van der Waals surface area contributed by atoms with Crippen molar-refractivity contribution in [1.29, 1.82) is 0 Å². The minimum absolute atomic E-state index is 0. The Hall–Kier alpha value is 3.37. The summed E-state index contributed by atoms with van der Waals surface area (Å²) in [6.07, 6.45) is 0. The quantitative estimate of drug-likeness (QED) is 0.0347. The summed E-state index contributed by atoms with van der Waals surface area (Å²) in [5.41, 5.74) is 0.823. The molecule has 0 aliphatic heterocycles. The molecule has 0 amide bonds. The predicted molar refractivity (Wildman–Crippen MR) is 183 cm³/mol. The molecule has 0 atom stereocenters. The van der Waals surface area contributed by atoms with Crippen molar-refractivity contribution in [3.63, 3.8) is 0 Å². The Morgan fingerprint density at radius 1 is 0.365 bits per heavy atom. The largest absolute Gasteiger partial charge is 1.00 e. The molecule has 0 saturated carbocycles. The fourth-order valence-corrected chi connectivity index (χ4v) is 5.82. The Morgan fingerprint density at radius 3 is 0.714 bits per heavy atom. The summed E-state index contributed by atoms with van der Waals surface area (Å²) in [6, 6.07) is 7.39. The fourth-order valence-electron chi connectivity index (χ4n) is 4.07. The van der Waals surface area contributed by atoms with Crippen LogP contribution in [-0.4, -0.2) is 94.0 Å². The molecule has 0 aliphatic carbocycles. The molecular formula is C27H35Na7O24S5+2. The number of aliphatic hydroxyl groups is 6. The van der Waals surface area contributed by atoms with Crippen LogP contribution in [0.3, 0.4) is 0 Å². The molecular weight excluding hydrogens is 1030 g/mol. The number of benzene rings is 3. The van der Waals surface area contributed by atoms with Crippen LogP contribution in [0.1, 0.15) is 50.1 Å². The van der Waals surface area contributed by atoms with Crippen molar-refractivity contribution in [3.05, 3.63) is 86.5 Å². The smallest absolute Gasteiger partial charge is 0.748 e. The fraction of sp³-hybridized carbons (Fsp3) is 0.333. The molecule has 0 aliphatic rings. The van der Waals surface area contributed by atoms with Crippen LogP contribution in [0.4, 0.5) is 0 Å². The standard InChI is InChI=1S/C9H12O8S2.C9H12O6S.C9H12O4.7Na.2HO3S/c10-3-7-1-6(4-18(12,13)14)2-8(9(7)11)5-19(15,16)17;10-3-7-1-6(5-16(13,14)15)2-8(4-11)9(7)12;10-3-6-1-7(4-11)9(13)8(2-6)5-12;;;;;;;;2*1-4(2)3/h1-2,10-11H,3-5H2,(H,12,13,14)(H,15,16,17);1-2,10-12H,3-5H2,(H,13,14,15);1-2,10-13H,3-5H2;;;;;;;;2*(H,1,2,3)/q;;;7*+1;2*-1/p-3. The molecule has 3 rings (SSSR count). The Morgan fingerprint density at radius 2 is 0.540 bits per heavy atom. The monoisotopic (exact) mass is 1060 g/mol. The molecule has 0 bridgehead atoms. The average molecular weight is 1060 g/mol. The van der Waals surface area contributed by atoms with E-state index in [4.69, 9.17) is 56.6 Å². The van der Waals surface area contributed by atoms with Gasteiger partial charge in [-0.1, -0.05) is 6.07 Å². The average Bonchev–Trinajstić information content (AvgIpc) is 3.05. The molecule has 0 fully saturated rings. The van der Waals surface area contributed by atoms with Crippen LogP contribution in [0.2, 0.25) is 0 Å². The first kappa shape index (κ1) is 86.2. The Labute approximate surface area is 521 Å². The molecule has 3 aromatic rings. The van der Waals surface area contributed by atoms with E-state index < -0.39 is 95.2 Å². The summed E-state index contributed by atoms with van der Waals surface area (Å²) in [5.74, 6) is -3.77. The van der Waals surface area contributed by atoms with Gasteiger partial charge in [-0.2, -0.15) is 0 Å². The number of hydrogen-bond acceptors (Lipinski definition) is 24. The normalized spacial score (nSPS) is 9.98. The second-order valence-electron chi connectivity index (χ2n) is 10.3. The van der Waals surface area contributed by atoms with Crippen molar-refractivity contribution in [2.75, 3.05) is 0 Å². The van der Waals surface area contributed by atoms with E-state index >= 15 is 0 Å². The summed E-state index contributed by atoms with van der Waals surface area (Å²) in [5, 5.41) is 81.7. The zero-order chi connectivity index (χ0) is 44.2. The van der Waals surface area contributed by atoms with Crippen molar-refractivity contribution in [2.45, 2.75) is 56.9 Å². The maximum absolute atomic E-state index is 10.6. The summed E-state index contributed by atoms with van der Waals surface area (Å²) in [6.45, 7) is -2.53. The van der Waals surface area contributed by atoms with E-state index in [0.29, 0.717) is 16.7 Å². The molecule has 11 N–H and O–H groups in total. The number of aliphatic hydroxyl groups excluding tert-OH is 6. The van der Waals surface area contributed by atoms with Crippen LogP contribution >= 0.6 is 0 Å². The zero-order valence-corrected chi connectivity index (χ0v) is 53.2. The van der Waals surface area contributed by atoms with Crippen molar-refractivity contribution in [3.8, 4) is 17.2 Å². The third-order valence-corrected chi connectivity index (χ3v) is 8.07. The van der Waals surface area contributed by atoms with Crippen LogP contribution in [0.25, 0.3) is 0 Å². The van der Waals surface area contributed by atoms with Crippen LogP contribution in [-0.2, 0) is 126 Å². The SMILES string of the molecule is O=S(=O)([O-])Cc1cc(CO)c(O)c(CO)c1.O=S(=O)([O-])Cc1cc(CO)c(O)c(CS(=O)(=O)[O-])c1.O=[S-](=O)O.O=[S-](=O)O.OCc1cc(CO)c(O)c(CO)c1.[Na+].[Na+].[Na+].[Na+].[Na+].[Na+].[Na+]. The Bertz CT molecular complexity index is 2160. The molecule has 36 heteroatoms. The molecule has 322 valence electrons. The van der Waals surface area contributed by atoms with Crippen LogP contribution in [0, 0.1) is 0 Å². The first-order valence-corrected chi connectivity index (χ1v) is 20.9. The first-order chi connectivity index (χ1) is 25.6. The van der Waals surface area contributed by atoms with Gasteiger partial charge in [-0.05, 0) is 47.0 Å². The van der Waals surface area contributed by atoms with E-state index in [1.165, 1.54) is 24.3 Å². The number of aromatic hydroxyl groups is 3. The second-order valence-corrected chi connectivity index (χ2v) is 15.4. The maximum atomic E-state index is 10.6. The Balaban J connectivity index is -0.0000000875. The van der Waals surface area contributed by atoms with E-state index in [1.54, 1.807) is 0 Å². The van der Waals surface area contributed by atoms with E-state index in [0.717, 1.165) is 12.1 Å². The van der Waals surface area contributed by atoms with Gasteiger partial charge in [0, 0.05) is 55.4 Å². The van der Waals surface area contributed by atoms with Crippen molar-refractivity contribution in [1.82, 2.24) is 0 Å². The van der Waals surface area contributed by atoms with Crippen LogP contribution < -0.4 is 207 Å². The summed E-state index contributed by atoms with van der Waals surface area (Å²) >= 11 is 0. The van der Waals surface area contributed by atoms with Gasteiger partial charge in [0.2, 0.25) is 0 Å². The van der Waals surface area contributed by atoms with Gasteiger partial charge in [-0.3, -0.25) is 0 Å². The number of rotatable bonds is 12. The zero-order valence-electron chi connectivity index (χ0n) is 35.1. The molecule has 3 aromatic carbocycles. The van der Waals surface area contributed by atoms with Crippen molar-refractivity contribution in [2.24, 2.45) is 0 Å². The van der Waals surface area contributed by atoms with Gasteiger partial charge >= 0.3 is 207 Å². The first-order valence-electron chi connectivity index (χ1n) is 14.1. The van der Waals surface area contributed by atoms with E-state index in [1.807, 2.05) is 0 Å². The van der Waals surface area contributed by atoms with Gasteiger partial charge in [0.1, 0.15) is 17.2 Å². The molecule has 0 heterocycles. The summed E-state index contributed by atoms with van der Waals surface area (Å²) < 4.78 is 144. The van der Waals surface area contributed by atoms with Crippen LogP contribution in [0.15, 0.2) is 36.4 Å². The van der Waals surface area contributed by atoms with E-state index in [-0.39, 0.29) is 272 Å². The van der Waals surface area contributed by atoms with Gasteiger partial charge in [0.15, 0.2) is 0 Å². The van der Waals surface area contributed by atoms with Gasteiger partial charge in [0.05, 0.1) is 87.3 Å². The van der Waals surface area contributed by atoms with E-state index in [2.05, 4.69) is 0 Å². The van der Waals surface area contributed by atoms with Gasteiger partial charge in [0.25, 0.3) is 0 Å². The van der Waals surface area contributed by atoms with Gasteiger partial charge in [-0.25, -0.2) is 25.3 Å². The molecule has 0 spiro atoms. The minimum Gasteiger partial charge on any atom is -0.748 e. The van der Waals surface area contributed by atoms with E-state index in [9.17, 15) is 54.2 Å².